The molecule has 0 radical (unpaired) electrons. The Morgan fingerprint density at radius 2 is 2.29 bits per heavy atom. The topological polar surface area (TPSA) is 92.8 Å². The summed E-state index contributed by atoms with van der Waals surface area (Å²) in [7, 11) is 1.66. The molecule has 4 rings (SSSR count). The van der Waals surface area contributed by atoms with E-state index < -0.39 is 0 Å². The zero-order chi connectivity index (χ0) is 16.5. The van der Waals surface area contributed by atoms with Gasteiger partial charge in [0.2, 0.25) is 5.91 Å². The normalized spacial score (nSPS) is 17.0. The van der Waals surface area contributed by atoms with Crippen LogP contribution < -0.4 is 5.32 Å². The Hall–Kier alpha value is -2.32. The van der Waals surface area contributed by atoms with Crippen molar-refractivity contribution in [2.75, 3.05) is 12.4 Å². The molecule has 2 aromatic heterocycles. The molecule has 0 saturated heterocycles. The van der Waals surface area contributed by atoms with Crippen LogP contribution in [0.3, 0.4) is 0 Å². The number of hydrogen-bond acceptors (Lipinski definition) is 6. The molecule has 1 aromatic carbocycles. The van der Waals surface area contributed by atoms with Gasteiger partial charge in [0.1, 0.15) is 0 Å². The number of aromatic nitrogens is 4. The number of hydrogen-bond donors (Lipinski definition) is 2. The van der Waals surface area contributed by atoms with Crippen LogP contribution in [-0.2, 0) is 29.0 Å². The number of para-hydroxylation sites is 1. The zero-order valence-corrected chi connectivity index (χ0v) is 14.0. The molecule has 0 spiro atoms. The Balaban J connectivity index is 1.52. The van der Waals surface area contributed by atoms with Crippen LogP contribution >= 0.6 is 11.3 Å². The molecule has 1 atom stereocenters. The maximum absolute atomic E-state index is 12.6. The molecular weight excluding hydrogens is 326 g/mol. The molecule has 0 unspecified atom stereocenters. The minimum atomic E-state index is -0.0898. The van der Waals surface area contributed by atoms with Gasteiger partial charge in [0.25, 0.3) is 0 Å². The second-order valence-electron chi connectivity index (χ2n) is 5.86. The predicted molar refractivity (Wildman–Crippen MR) is 90.9 cm³/mol. The number of amides is 1. The van der Waals surface area contributed by atoms with E-state index in [1.165, 1.54) is 11.3 Å². The van der Waals surface area contributed by atoms with Crippen LogP contribution in [0, 0.1) is 5.92 Å². The SMILES string of the molecule is COCc1cccc2sc(NC(=O)[C@H]3CCc4n[nH]nc4C3)nc12. The summed E-state index contributed by atoms with van der Waals surface area (Å²) in [5, 5.41) is 14.4. The minimum Gasteiger partial charge on any atom is -0.380 e. The van der Waals surface area contributed by atoms with Crippen molar-refractivity contribution >= 4 is 32.6 Å². The molecule has 1 aliphatic carbocycles. The first-order valence-corrected chi connectivity index (χ1v) is 8.63. The lowest BCUT2D eigenvalue weighted by Gasteiger charge is -2.18. The van der Waals surface area contributed by atoms with Crippen LogP contribution in [0.15, 0.2) is 18.2 Å². The smallest absolute Gasteiger partial charge is 0.229 e. The number of carbonyl (C=O) groups excluding carboxylic acids is 1. The van der Waals surface area contributed by atoms with E-state index in [9.17, 15) is 4.79 Å². The molecule has 0 bridgehead atoms. The lowest BCUT2D eigenvalue weighted by Crippen LogP contribution is -2.28. The number of nitrogens with zero attached hydrogens (tertiary/aromatic N) is 3. The fourth-order valence-corrected chi connectivity index (χ4v) is 3.96. The van der Waals surface area contributed by atoms with Crippen molar-refractivity contribution in [1.29, 1.82) is 0 Å². The van der Waals surface area contributed by atoms with Gasteiger partial charge >= 0.3 is 0 Å². The second kappa shape index (κ2) is 6.29. The molecule has 124 valence electrons. The fraction of sp³-hybridized carbons (Fsp3) is 0.375. The lowest BCUT2D eigenvalue weighted by molar-refractivity contribution is -0.120. The lowest BCUT2D eigenvalue weighted by atomic mass is 9.89. The summed E-state index contributed by atoms with van der Waals surface area (Å²) in [6, 6.07) is 5.97. The number of benzene rings is 1. The van der Waals surface area contributed by atoms with Crippen LogP contribution in [0.1, 0.15) is 23.4 Å². The Bertz CT molecular complexity index is 888. The average molecular weight is 343 g/mol. The number of thiazole rings is 1. The van der Waals surface area contributed by atoms with Gasteiger partial charge in [0.15, 0.2) is 5.13 Å². The van der Waals surface area contributed by atoms with E-state index in [1.54, 1.807) is 7.11 Å². The Kier molecular flexibility index (Phi) is 3.99. The first-order chi connectivity index (χ1) is 11.7. The zero-order valence-electron chi connectivity index (χ0n) is 13.2. The summed E-state index contributed by atoms with van der Waals surface area (Å²) in [6.07, 6.45) is 2.18. The fourth-order valence-electron chi connectivity index (χ4n) is 3.05. The maximum atomic E-state index is 12.6. The molecule has 8 heteroatoms. The number of carbonyl (C=O) groups is 1. The summed E-state index contributed by atoms with van der Waals surface area (Å²) >= 11 is 1.48. The van der Waals surface area contributed by atoms with Crippen molar-refractivity contribution in [2.24, 2.45) is 5.92 Å². The van der Waals surface area contributed by atoms with Gasteiger partial charge in [0.05, 0.1) is 28.2 Å². The Morgan fingerprint density at radius 3 is 3.17 bits per heavy atom. The summed E-state index contributed by atoms with van der Waals surface area (Å²) in [5.41, 5.74) is 3.79. The van der Waals surface area contributed by atoms with Gasteiger partial charge in [-0.2, -0.15) is 15.4 Å². The van der Waals surface area contributed by atoms with E-state index in [-0.39, 0.29) is 11.8 Å². The molecule has 0 fully saturated rings. The number of aromatic amines is 1. The quantitative estimate of drug-likeness (QED) is 0.758. The van der Waals surface area contributed by atoms with E-state index in [0.29, 0.717) is 18.2 Å². The average Bonchev–Trinajstić information content (AvgIpc) is 3.20. The molecule has 24 heavy (non-hydrogen) atoms. The molecule has 0 saturated carbocycles. The number of fused-ring (bicyclic) bond motifs is 2. The highest BCUT2D eigenvalue weighted by Crippen LogP contribution is 2.30. The van der Waals surface area contributed by atoms with Gasteiger partial charge in [-0.1, -0.05) is 23.5 Å². The third-order valence-corrected chi connectivity index (χ3v) is 5.21. The molecule has 2 N–H and O–H groups in total. The molecule has 2 heterocycles. The van der Waals surface area contributed by atoms with Crippen molar-refractivity contribution in [1.82, 2.24) is 20.4 Å². The molecular formula is C16H17N5O2S. The van der Waals surface area contributed by atoms with Crippen LogP contribution in [-0.4, -0.2) is 33.4 Å². The highest BCUT2D eigenvalue weighted by molar-refractivity contribution is 7.22. The Morgan fingerprint density at radius 1 is 1.42 bits per heavy atom. The highest BCUT2D eigenvalue weighted by atomic mass is 32.1. The summed E-state index contributed by atoms with van der Waals surface area (Å²) in [4.78, 5) is 17.1. The largest absolute Gasteiger partial charge is 0.380 e. The maximum Gasteiger partial charge on any atom is 0.229 e. The van der Waals surface area contributed by atoms with Crippen molar-refractivity contribution in [2.45, 2.75) is 25.9 Å². The van der Waals surface area contributed by atoms with Gasteiger partial charge in [-0.25, -0.2) is 4.98 Å². The molecule has 1 aliphatic rings. The van der Waals surface area contributed by atoms with Crippen LogP contribution in [0.5, 0.6) is 0 Å². The number of rotatable bonds is 4. The predicted octanol–water partition coefficient (Wildman–Crippen LogP) is 2.30. The number of methoxy groups -OCH3 is 1. The van der Waals surface area contributed by atoms with Gasteiger partial charge in [-0.05, 0) is 18.9 Å². The molecule has 1 amide bonds. The number of nitrogens with one attached hydrogen (secondary N) is 2. The monoisotopic (exact) mass is 343 g/mol. The van der Waals surface area contributed by atoms with Gasteiger partial charge < -0.3 is 10.1 Å². The molecule has 0 aliphatic heterocycles. The van der Waals surface area contributed by atoms with E-state index in [2.05, 4.69) is 25.7 Å². The van der Waals surface area contributed by atoms with Crippen molar-refractivity contribution in [3.05, 3.63) is 35.2 Å². The second-order valence-corrected chi connectivity index (χ2v) is 6.89. The van der Waals surface area contributed by atoms with E-state index in [1.807, 2.05) is 18.2 Å². The standard InChI is InChI=1S/C16H17N5O2S/c1-23-8-10-3-2-4-13-14(10)17-16(24-13)18-15(22)9-5-6-11-12(7-9)20-21-19-11/h2-4,9H,5-8H2,1H3,(H,17,18,22)(H,19,20,21)/t9-/m0/s1. The van der Waals surface area contributed by atoms with Crippen molar-refractivity contribution in [3.63, 3.8) is 0 Å². The minimum absolute atomic E-state index is 0.00371. The van der Waals surface area contributed by atoms with E-state index >= 15 is 0 Å². The molecule has 7 nitrogen and oxygen atoms in total. The van der Waals surface area contributed by atoms with Crippen molar-refractivity contribution in [3.8, 4) is 0 Å². The summed E-state index contributed by atoms with van der Waals surface area (Å²) < 4.78 is 6.25. The molecule has 3 aromatic rings. The summed E-state index contributed by atoms with van der Waals surface area (Å²) in [6.45, 7) is 0.506. The van der Waals surface area contributed by atoms with Crippen molar-refractivity contribution < 1.29 is 9.53 Å². The first-order valence-electron chi connectivity index (χ1n) is 7.81. The third-order valence-electron chi connectivity index (χ3n) is 4.28. The number of ether oxygens (including phenoxy) is 1. The number of aryl methyl sites for hydroxylation is 1. The number of H-pyrrole nitrogens is 1. The van der Waals surface area contributed by atoms with Gasteiger partial charge in [-0.3, -0.25) is 4.79 Å². The van der Waals surface area contributed by atoms with Gasteiger partial charge in [-0.15, -0.1) is 0 Å². The van der Waals surface area contributed by atoms with Crippen LogP contribution in [0.4, 0.5) is 5.13 Å². The highest BCUT2D eigenvalue weighted by Gasteiger charge is 2.27. The third kappa shape index (κ3) is 2.78. The van der Waals surface area contributed by atoms with E-state index in [4.69, 9.17) is 4.74 Å². The summed E-state index contributed by atoms with van der Waals surface area (Å²) in [5.74, 6) is -0.0935. The Labute approximate surface area is 142 Å². The first kappa shape index (κ1) is 15.2. The van der Waals surface area contributed by atoms with E-state index in [0.717, 1.165) is 40.0 Å². The number of anilines is 1. The van der Waals surface area contributed by atoms with Gasteiger partial charge in [0, 0.05) is 25.0 Å². The van der Waals surface area contributed by atoms with Crippen LogP contribution in [0.2, 0.25) is 0 Å². The van der Waals surface area contributed by atoms with Crippen LogP contribution in [0.25, 0.3) is 10.2 Å².